The van der Waals surface area contributed by atoms with Gasteiger partial charge in [-0.15, -0.1) is 0 Å². The Kier molecular flexibility index (Phi) is 2.32. The van der Waals surface area contributed by atoms with Crippen LogP contribution in [0.3, 0.4) is 0 Å². The normalized spacial score (nSPS) is 27.7. The molecule has 0 aliphatic carbocycles. The summed E-state index contributed by atoms with van der Waals surface area (Å²) in [5, 5.41) is 0. The molecule has 58 valence electrons. The van der Waals surface area contributed by atoms with E-state index in [1.165, 1.54) is 0 Å². The van der Waals surface area contributed by atoms with E-state index in [1.807, 2.05) is 0 Å². The van der Waals surface area contributed by atoms with E-state index >= 15 is 0 Å². The Morgan fingerprint density at radius 3 is 2.70 bits per heavy atom. The van der Waals surface area contributed by atoms with E-state index in [-0.39, 0.29) is 0 Å². The SMILES string of the molecule is O=CC1CCCN1C(F)F. The number of carbonyl (C=O) groups excluding carboxylic acids is 1. The zero-order valence-corrected chi connectivity index (χ0v) is 5.46. The van der Waals surface area contributed by atoms with Crippen LogP contribution < -0.4 is 0 Å². The van der Waals surface area contributed by atoms with Gasteiger partial charge in [0.05, 0.1) is 6.04 Å². The van der Waals surface area contributed by atoms with Crippen molar-refractivity contribution in [1.82, 2.24) is 4.90 Å². The van der Waals surface area contributed by atoms with Crippen molar-refractivity contribution in [2.24, 2.45) is 0 Å². The maximum atomic E-state index is 11.9. The van der Waals surface area contributed by atoms with Crippen molar-refractivity contribution in [2.75, 3.05) is 6.54 Å². The van der Waals surface area contributed by atoms with Gasteiger partial charge in [0.15, 0.2) is 0 Å². The van der Waals surface area contributed by atoms with Crippen molar-refractivity contribution in [1.29, 1.82) is 0 Å². The molecule has 1 rings (SSSR count). The van der Waals surface area contributed by atoms with Gasteiger partial charge in [0.25, 0.3) is 6.55 Å². The molecule has 1 unspecified atom stereocenters. The number of rotatable bonds is 2. The van der Waals surface area contributed by atoms with Crippen molar-refractivity contribution in [3.8, 4) is 0 Å². The van der Waals surface area contributed by atoms with Crippen LogP contribution in [-0.4, -0.2) is 30.3 Å². The predicted molar refractivity (Wildman–Crippen MR) is 31.8 cm³/mol. The summed E-state index contributed by atoms with van der Waals surface area (Å²) in [6.07, 6.45) is 1.88. The first-order valence-electron chi connectivity index (χ1n) is 3.25. The van der Waals surface area contributed by atoms with Gasteiger partial charge in [0.2, 0.25) is 0 Å². The van der Waals surface area contributed by atoms with Crippen LogP contribution >= 0.6 is 0 Å². The predicted octanol–water partition coefficient (Wildman–Crippen LogP) is 0.872. The molecule has 4 heteroatoms. The molecule has 1 aliphatic rings. The highest BCUT2D eigenvalue weighted by Gasteiger charge is 2.29. The molecular formula is C6H9F2NO. The maximum absolute atomic E-state index is 11.9. The number of likely N-dealkylation sites (tertiary alicyclic amines) is 1. The zero-order valence-electron chi connectivity index (χ0n) is 5.46. The van der Waals surface area contributed by atoms with Crippen LogP contribution in [-0.2, 0) is 4.79 Å². The van der Waals surface area contributed by atoms with Gasteiger partial charge in [0.1, 0.15) is 6.29 Å². The van der Waals surface area contributed by atoms with Crippen LogP contribution in [0.5, 0.6) is 0 Å². The summed E-state index contributed by atoms with van der Waals surface area (Å²) in [5.41, 5.74) is 0. The molecule has 0 aromatic heterocycles. The summed E-state index contributed by atoms with van der Waals surface area (Å²) < 4.78 is 23.9. The van der Waals surface area contributed by atoms with Crippen LogP contribution in [0.2, 0.25) is 0 Å². The molecule has 0 radical (unpaired) electrons. The van der Waals surface area contributed by atoms with Gasteiger partial charge < -0.3 is 4.79 Å². The Balaban J connectivity index is 2.49. The fourth-order valence-corrected chi connectivity index (χ4v) is 1.20. The number of nitrogens with zero attached hydrogens (tertiary/aromatic N) is 1. The molecule has 2 nitrogen and oxygen atoms in total. The van der Waals surface area contributed by atoms with Crippen LogP contribution in [0, 0.1) is 0 Å². The van der Waals surface area contributed by atoms with Crippen LogP contribution in [0.4, 0.5) is 8.78 Å². The Labute approximate surface area is 57.8 Å². The number of hydrogen-bond acceptors (Lipinski definition) is 2. The second kappa shape index (κ2) is 3.05. The summed E-state index contributed by atoms with van der Waals surface area (Å²) >= 11 is 0. The molecule has 0 aromatic rings. The van der Waals surface area contributed by atoms with E-state index in [1.54, 1.807) is 0 Å². The van der Waals surface area contributed by atoms with Gasteiger partial charge in [-0.2, -0.15) is 8.78 Å². The van der Waals surface area contributed by atoms with Crippen molar-refractivity contribution in [3.63, 3.8) is 0 Å². The minimum absolute atomic E-state index is 0.348. The number of halogens is 2. The maximum Gasteiger partial charge on any atom is 0.295 e. The molecule has 0 spiro atoms. The molecule has 0 bridgehead atoms. The lowest BCUT2D eigenvalue weighted by atomic mass is 10.2. The average molecular weight is 149 g/mol. The molecule has 10 heavy (non-hydrogen) atoms. The third kappa shape index (κ3) is 1.31. The fourth-order valence-electron chi connectivity index (χ4n) is 1.20. The summed E-state index contributed by atoms with van der Waals surface area (Å²) in [4.78, 5) is 11.1. The molecule has 1 fully saturated rings. The Morgan fingerprint density at radius 2 is 2.30 bits per heavy atom. The monoisotopic (exact) mass is 149 g/mol. The summed E-state index contributed by atoms with van der Waals surface area (Å²) in [7, 11) is 0. The fraction of sp³-hybridized carbons (Fsp3) is 0.833. The molecule has 1 atom stereocenters. The smallest absolute Gasteiger partial charge is 0.295 e. The van der Waals surface area contributed by atoms with E-state index in [0.29, 0.717) is 25.7 Å². The molecule has 0 aromatic carbocycles. The molecule has 0 amide bonds. The second-order valence-electron chi connectivity index (χ2n) is 2.36. The largest absolute Gasteiger partial charge is 0.302 e. The van der Waals surface area contributed by atoms with Crippen LogP contribution in [0.1, 0.15) is 12.8 Å². The molecular weight excluding hydrogens is 140 g/mol. The molecule has 1 heterocycles. The van der Waals surface area contributed by atoms with Crippen LogP contribution in [0.25, 0.3) is 0 Å². The first-order chi connectivity index (χ1) is 4.75. The number of carbonyl (C=O) groups is 1. The highest BCUT2D eigenvalue weighted by Crippen LogP contribution is 2.19. The van der Waals surface area contributed by atoms with E-state index < -0.39 is 12.6 Å². The van der Waals surface area contributed by atoms with Gasteiger partial charge in [0, 0.05) is 6.54 Å². The Bertz CT molecular complexity index is 129. The Morgan fingerprint density at radius 1 is 1.60 bits per heavy atom. The van der Waals surface area contributed by atoms with Crippen molar-refractivity contribution in [3.05, 3.63) is 0 Å². The summed E-state index contributed by atoms with van der Waals surface area (Å²) in [6, 6.07) is -0.542. The van der Waals surface area contributed by atoms with E-state index in [9.17, 15) is 13.6 Å². The number of aldehydes is 1. The van der Waals surface area contributed by atoms with Gasteiger partial charge in [-0.3, -0.25) is 0 Å². The Hall–Kier alpha value is -0.510. The van der Waals surface area contributed by atoms with Gasteiger partial charge in [-0.25, -0.2) is 4.90 Å². The van der Waals surface area contributed by atoms with Crippen molar-refractivity contribution < 1.29 is 13.6 Å². The highest BCUT2D eigenvalue weighted by molar-refractivity contribution is 5.58. The van der Waals surface area contributed by atoms with Gasteiger partial charge in [-0.05, 0) is 12.8 Å². The summed E-state index contributed by atoms with van der Waals surface area (Å²) in [6.45, 7) is -2.13. The van der Waals surface area contributed by atoms with Crippen molar-refractivity contribution >= 4 is 6.29 Å². The van der Waals surface area contributed by atoms with Crippen LogP contribution in [0.15, 0.2) is 0 Å². The lowest BCUT2D eigenvalue weighted by molar-refractivity contribution is -0.117. The third-order valence-corrected chi connectivity index (χ3v) is 1.75. The zero-order chi connectivity index (χ0) is 7.56. The van der Waals surface area contributed by atoms with Crippen molar-refractivity contribution in [2.45, 2.75) is 25.4 Å². The van der Waals surface area contributed by atoms with E-state index in [2.05, 4.69) is 0 Å². The standard InChI is InChI=1S/C6H9F2NO/c7-6(8)9-3-1-2-5(9)4-10/h4-6H,1-3H2. The van der Waals surface area contributed by atoms with Gasteiger partial charge in [-0.1, -0.05) is 0 Å². The third-order valence-electron chi connectivity index (χ3n) is 1.75. The average Bonchev–Trinajstić information content (AvgIpc) is 2.33. The minimum atomic E-state index is -2.47. The first kappa shape index (κ1) is 7.60. The molecule has 1 saturated heterocycles. The van der Waals surface area contributed by atoms with Gasteiger partial charge >= 0.3 is 0 Å². The van der Waals surface area contributed by atoms with E-state index in [4.69, 9.17) is 0 Å². The minimum Gasteiger partial charge on any atom is -0.302 e. The number of alkyl halides is 2. The topological polar surface area (TPSA) is 20.3 Å². The van der Waals surface area contributed by atoms with E-state index in [0.717, 1.165) is 4.90 Å². The second-order valence-corrected chi connectivity index (χ2v) is 2.36. The lowest BCUT2D eigenvalue weighted by Gasteiger charge is -2.17. The molecule has 0 N–H and O–H groups in total. The lowest BCUT2D eigenvalue weighted by Crippen LogP contribution is -2.34. The highest BCUT2D eigenvalue weighted by atomic mass is 19.3. The summed E-state index contributed by atoms with van der Waals surface area (Å²) in [5.74, 6) is 0. The quantitative estimate of drug-likeness (QED) is 0.429. The first-order valence-corrected chi connectivity index (χ1v) is 3.25. The number of hydrogen-bond donors (Lipinski definition) is 0. The molecule has 0 saturated carbocycles. The molecule has 1 aliphatic heterocycles.